The predicted molar refractivity (Wildman–Crippen MR) is 76.9 cm³/mol. The number of primary amides is 1. The predicted octanol–water partition coefficient (Wildman–Crippen LogP) is 1.02. The van der Waals surface area contributed by atoms with E-state index >= 15 is 0 Å². The number of carboxylic acid groups (broad SMARTS) is 1. The van der Waals surface area contributed by atoms with Crippen LogP contribution in [0.2, 0.25) is 0 Å². The maximum Gasteiger partial charge on any atom is 0.325 e. The maximum atomic E-state index is 11.6. The number of carbonyl (C=O) groups excluding carboxylic acids is 1. The molecule has 0 aliphatic carbocycles. The van der Waals surface area contributed by atoms with Crippen molar-refractivity contribution < 1.29 is 19.4 Å². The molecule has 0 bridgehead atoms. The van der Waals surface area contributed by atoms with Crippen molar-refractivity contribution in [2.75, 3.05) is 20.2 Å². The van der Waals surface area contributed by atoms with Gasteiger partial charge in [-0.3, -0.25) is 14.5 Å². The Morgan fingerprint density at radius 1 is 1.29 bits per heavy atom. The Morgan fingerprint density at radius 3 is 2.29 bits per heavy atom. The van der Waals surface area contributed by atoms with Crippen LogP contribution in [-0.2, 0) is 9.59 Å². The number of likely N-dealkylation sites (tertiary alicyclic amines) is 1. The van der Waals surface area contributed by atoms with E-state index in [2.05, 4.69) is 0 Å². The molecule has 1 heterocycles. The summed E-state index contributed by atoms with van der Waals surface area (Å²) in [5.74, 6) is -0.648. The number of carboxylic acids is 1. The molecular weight excluding hydrogens is 272 g/mol. The fourth-order valence-electron chi connectivity index (χ4n) is 2.74. The Bertz CT molecular complexity index is 507. The number of amides is 1. The highest BCUT2D eigenvalue weighted by atomic mass is 16.5. The average molecular weight is 292 g/mol. The van der Waals surface area contributed by atoms with E-state index in [1.807, 2.05) is 4.90 Å². The fourth-order valence-corrected chi connectivity index (χ4v) is 2.74. The van der Waals surface area contributed by atoms with Gasteiger partial charge in [0.1, 0.15) is 11.8 Å². The SMILES string of the molecule is COc1ccc(C(C(=O)O)N2CCC(C(N)=O)CC2)cc1. The Kier molecular flexibility index (Phi) is 4.80. The summed E-state index contributed by atoms with van der Waals surface area (Å²) in [7, 11) is 1.57. The molecule has 0 aromatic heterocycles. The van der Waals surface area contributed by atoms with Crippen LogP contribution in [0, 0.1) is 5.92 Å². The highest BCUT2D eigenvalue weighted by Gasteiger charge is 2.32. The molecule has 6 nitrogen and oxygen atoms in total. The van der Waals surface area contributed by atoms with Crippen LogP contribution in [0.3, 0.4) is 0 Å². The van der Waals surface area contributed by atoms with Gasteiger partial charge in [0.05, 0.1) is 7.11 Å². The van der Waals surface area contributed by atoms with E-state index < -0.39 is 12.0 Å². The van der Waals surface area contributed by atoms with E-state index in [0.717, 1.165) is 0 Å². The van der Waals surface area contributed by atoms with Crippen LogP contribution in [0.1, 0.15) is 24.4 Å². The summed E-state index contributed by atoms with van der Waals surface area (Å²) in [5, 5.41) is 9.52. The molecule has 1 amide bonds. The molecule has 1 aromatic rings. The third-order valence-electron chi connectivity index (χ3n) is 3.96. The zero-order chi connectivity index (χ0) is 15.4. The third kappa shape index (κ3) is 3.52. The maximum absolute atomic E-state index is 11.6. The molecule has 1 unspecified atom stereocenters. The quantitative estimate of drug-likeness (QED) is 0.845. The number of hydrogen-bond acceptors (Lipinski definition) is 4. The second kappa shape index (κ2) is 6.58. The number of piperidine rings is 1. The van der Waals surface area contributed by atoms with Crippen LogP contribution in [0.25, 0.3) is 0 Å². The topological polar surface area (TPSA) is 92.9 Å². The Morgan fingerprint density at radius 2 is 1.86 bits per heavy atom. The number of nitrogens with two attached hydrogens (primary N) is 1. The van der Waals surface area contributed by atoms with Crippen LogP contribution in [-0.4, -0.2) is 42.1 Å². The summed E-state index contributed by atoms with van der Waals surface area (Å²) in [6, 6.07) is 6.32. The first kappa shape index (κ1) is 15.3. The van der Waals surface area contributed by atoms with Gasteiger partial charge >= 0.3 is 5.97 Å². The zero-order valence-electron chi connectivity index (χ0n) is 12.0. The van der Waals surface area contributed by atoms with Crippen molar-refractivity contribution in [3.8, 4) is 5.75 Å². The van der Waals surface area contributed by atoms with Gasteiger partial charge in [-0.05, 0) is 30.5 Å². The summed E-state index contributed by atoms with van der Waals surface area (Å²) >= 11 is 0. The summed E-state index contributed by atoms with van der Waals surface area (Å²) < 4.78 is 5.08. The Balaban J connectivity index is 2.12. The number of methoxy groups -OCH3 is 1. The number of benzene rings is 1. The Hall–Kier alpha value is -2.08. The van der Waals surface area contributed by atoms with E-state index in [1.165, 1.54) is 0 Å². The first-order valence-electron chi connectivity index (χ1n) is 6.93. The average Bonchev–Trinajstić information content (AvgIpc) is 2.48. The minimum absolute atomic E-state index is 0.147. The molecule has 1 saturated heterocycles. The van der Waals surface area contributed by atoms with Crippen molar-refractivity contribution in [1.29, 1.82) is 0 Å². The molecule has 1 aliphatic rings. The van der Waals surface area contributed by atoms with Crippen LogP contribution in [0.5, 0.6) is 5.75 Å². The van der Waals surface area contributed by atoms with E-state index in [0.29, 0.717) is 37.2 Å². The molecular formula is C15H20N2O4. The summed E-state index contributed by atoms with van der Waals surface area (Å²) in [4.78, 5) is 24.7. The molecule has 0 spiro atoms. The lowest BCUT2D eigenvalue weighted by atomic mass is 9.93. The van der Waals surface area contributed by atoms with Gasteiger partial charge in [0.25, 0.3) is 0 Å². The lowest BCUT2D eigenvalue weighted by Crippen LogP contribution is -2.42. The summed E-state index contributed by atoms with van der Waals surface area (Å²) in [5.41, 5.74) is 6.01. The van der Waals surface area contributed by atoms with Crippen molar-refractivity contribution in [3.63, 3.8) is 0 Å². The van der Waals surface area contributed by atoms with Crippen molar-refractivity contribution in [3.05, 3.63) is 29.8 Å². The number of nitrogens with zero attached hydrogens (tertiary/aromatic N) is 1. The highest BCUT2D eigenvalue weighted by molar-refractivity contribution is 5.77. The van der Waals surface area contributed by atoms with Crippen LogP contribution in [0.15, 0.2) is 24.3 Å². The second-order valence-corrected chi connectivity index (χ2v) is 5.23. The third-order valence-corrected chi connectivity index (χ3v) is 3.96. The fraction of sp³-hybridized carbons (Fsp3) is 0.467. The molecule has 1 fully saturated rings. The minimum Gasteiger partial charge on any atom is -0.497 e. The lowest BCUT2D eigenvalue weighted by Gasteiger charge is -2.34. The van der Waals surface area contributed by atoms with Crippen molar-refractivity contribution >= 4 is 11.9 Å². The number of hydrogen-bond donors (Lipinski definition) is 2. The number of carbonyl (C=O) groups is 2. The van der Waals surface area contributed by atoms with E-state index in [9.17, 15) is 14.7 Å². The molecule has 0 radical (unpaired) electrons. The number of rotatable bonds is 5. The van der Waals surface area contributed by atoms with Gasteiger partial charge < -0.3 is 15.6 Å². The number of ether oxygens (including phenoxy) is 1. The monoisotopic (exact) mass is 292 g/mol. The molecule has 6 heteroatoms. The van der Waals surface area contributed by atoms with Crippen LogP contribution >= 0.6 is 0 Å². The lowest BCUT2D eigenvalue weighted by molar-refractivity contribution is -0.144. The second-order valence-electron chi connectivity index (χ2n) is 5.23. The smallest absolute Gasteiger partial charge is 0.325 e. The van der Waals surface area contributed by atoms with E-state index in [-0.39, 0.29) is 11.8 Å². The molecule has 1 aliphatic heterocycles. The molecule has 3 N–H and O–H groups in total. The van der Waals surface area contributed by atoms with Crippen molar-refractivity contribution in [2.45, 2.75) is 18.9 Å². The van der Waals surface area contributed by atoms with Crippen LogP contribution in [0.4, 0.5) is 0 Å². The molecule has 1 atom stereocenters. The molecule has 1 aromatic carbocycles. The number of aliphatic carboxylic acids is 1. The normalized spacial score (nSPS) is 18.1. The standard InChI is InChI=1S/C15H20N2O4/c1-21-12-4-2-10(3-5-12)13(15(19)20)17-8-6-11(7-9-17)14(16)18/h2-5,11,13H,6-9H2,1H3,(H2,16,18)(H,19,20). The van der Waals surface area contributed by atoms with Crippen molar-refractivity contribution in [1.82, 2.24) is 4.90 Å². The first-order valence-corrected chi connectivity index (χ1v) is 6.93. The van der Waals surface area contributed by atoms with E-state index in [1.54, 1.807) is 31.4 Å². The van der Waals surface area contributed by atoms with Gasteiger partial charge in [-0.25, -0.2) is 0 Å². The van der Waals surface area contributed by atoms with Gasteiger partial charge in [0.2, 0.25) is 5.91 Å². The van der Waals surface area contributed by atoms with Gasteiger partial charge in [-0.15, -0.1) is 0 Å². The van der Waals surface area contributed by atoms with E-state index in [4.69, 9.17) is 10.5 Å². The summed E-state index contributed by atoms with van der Waals surface area (Å²) in [6.07, 6.45) is 1.21. The summed E-state index contributed by atoms with van der Waals surface area (Å²) in [6.45, 7) is 1.10. The molecule has 114 valence electrons. The first-order chi connectivity index (χ1) is 10.0. The molecule has 2 rings (SSSR count). The largest absolute Gasteiger partial charge is 0.497 e. The minimum atomic E-state index is -0.891. The van der Waals surface area contributed by atoms with Gasteiger partial charge in [-0.1, -0.05) is 12.1 Å². The molecule has 21 heavy (non-hydrogen) atoms. The Labute approximate surface area is 123 Å². The van der Waals surface area contributed by atoms with Gasteiger partial charge in [-0.2, -0.15) is 0 Å². The highest BCUT2D eigenvalue weighted by Crippen LogP contribution is 2.28. The van der Waals surface area contributed by atoms with Gasteiger partial charge in [0.15, 0.2) is 0 Å². The molecule has 0 saturated carbocycles. The van der Waals surface area contributed by atoms with Crippen LogP contribution < -0.4 is 10.5 Å². The van der Waals surface area contributed by atoms with Gasteiger partial charge in [0, 0.05) is 19.0 Å². The van der Waals surface area contributed by atoms with Crippen molar-refractivity contribution in [2.24, 2.45) is 11.7 Å². The zero-order valence-corrected chi connectivity index (χ0v) is 12.0.